The standard InChI is InChI=1S/C13H20F3N3/c1-10-2-4-11(5-3-10)17-7-9-19-8-6-12(18-19)13(14,15)16/h6,8,10-11,17H,2-5,7,9H2,1H3. The second-order valence-electron chi connectivity index (χ2n) is 5.37. The number of hydrogen-bond acceptors (Lipinski definition) is 2. The van der Waals surface area contributed by atoms with Gasteiger partial charge in [-0.3, -0.25) is 4.68 Å². The van der Waals surface area contributed by atoms with Crippen LogP contribution < -0.4 is 5.32 Å². The van der Waals surface area contributed by atoms with Crippen LogP contribution in [0.15, 0.2) is 12.3 Å². The molecule has 1 N–H and O–H groups in total. The molecule has 0 atom stereocenters. The highest BCUT2D eigenvalue weighted by molar-refractivity contribution is 5.03. The molecular formula is C13H20F3N3. The fourth-order valence-electron chi connectivity index (χ4n) is 2.48. The Hall–Kier alpha value is -1.04. The van der Waals surface area contributed by atoms with Gasteiger partial charge in [-0.25, -0.2) is 0 Å². The first-order chi connectivity index (χ1) is 8.95. The Bertz CT molecular complexity index is 392. The summed E-state index contributed by atoms with van der Waals surface area (Å²) in [6.07, 6.45) is 1.82. The lowest BCUT2D eigenvalue weighted by Gasteiger charge is -2.27. The molecule has 1 aliphatic rings. The summed E-state index contributed by atoms with van der Waals surface area (Å²) in [5.74, 6) is 0.804. The molecule has 2 rings (SSSR count). The van der Waals surface area contributed by atoms with Crippen molar-refractivity contribution in [2.45, 2.75) is 51.4 Å². The molecular weight excluding hydrogens is 255 g/mol. The molecule has 6 heteroatoms. The van der Waals surface area contributed by atoms with E-state index in [-0.39, 0.29) is 0 Å². The average Bonchev–Trinajstić information content (AvgIpc) is 2.80. The van der Waals surface area contributed by atoms with E-state index in [1.54, 1.807) is 0 Å². The van der Waals surface area contributed by atoms with E-state index in [0.29, 0.717) is 19.1 Å². The van der Waals surface area contributed by atoms with Crippen LogP contribution in [0.25, 0.3) is 0 Å². The van der Waals surface area contributed by atoms with E-state index in [1.165, 1.54) is 23.7 Å². The lowest BCUT2D eigenvalue weighted by molar-refractivity contribution is -0.141. The highest BCUT2D eigenvalue weighted by atomic mass is 19.4. The first kappa shape index (κ1) is 14.4. The van der Waals surface area contributed by atoms with E-state index in [4.69, 9.17) is 0 Å². The van der Waals surface area contributed by atoms with Crippen molar-refractivity contribution in [3.63, 3.8) is 0 Å². The van der Waals surface area contributed by atoms with E-state index in [0.717, 1.165) is 24.8 Å². The molecule has 0 saturated heterocycles. The first-order valence-electron chi connectivity index (χ1n) is 6.79. The van der Waals surface area contributed by atoms with Crippen molar-refractivity contribution in [2.75, 3.05) is 6.54 Å². The fraction of sp³-hybridized carbons (Fsp3) is 0.769. The topological polar surface area (TPSA) is 29.9 Å². The van der Waals surface area contributed by atoms with E-state index >= 15 is 0 Å². The maximum absolute atomic E-state index is 12.4. The summed E-state index contributed by atoms with van der Waals surface area (Å²) >= 11 is 0. The maximum atomic E-state index is 12.4. The van der Waals surface area contributed by atoms with Crippen molar-refractivity contribution in [3.05, 3.63) is 18.0 Å². The number of nitrogens with one attached hydrogen (secondary N) is 1. The molecule has 1 aromatic rings. The predicted octanol–water partition coefficient (Wildman–Crippen LogP) is 3.07. The van der Waals surface area contributed by atoms with Gasteiger partial charge in [-0.1, -0.05) is 6.92 Å². The largest absolute Gasteiger partial charge is 0.435 e. The minimum atomic E-state index is -4.35. The fourth-order valence-corrected chi connectivity index (χ4v) is 2.48. The Morgan fingerprint density at radius 3 is 2.58 bits per heavy atom. The second kappa shape index (κ2) is 5.94. The highest BCUT2D eigenvalue weighted by Crippen LogP contribution is 2.27. The van der Waals surface area contributed by atoms with Gasteiger partial charge in [0.05, 0.1) is 6.54 Å². The number of halogens is 3. The molecule has 0 aromatic carbocycles. The third kappa shape index (κ3) is 4.23. The van der Waals surface area contributed by atoms with Crippen molar-refractivity contribution in [1.82, 2.24) is 15.1 Å². The molecule has 0 unspecified atom stereocenters. The minimum absolute atomic E-state index is 0.474. The molecule has 3 nitrogen and oxygen atoms in total. The van der Waals surface area contributed by atoms with Gasteiger partial charge < -0.3 is 5.32 Å². The van der Waals surface area contributed by atoms with Crippen molar-refractivity contribution < 1.29 is 13.2 Å². The number of alkyl halides is 3. The molecule has 0 amide bonds. The van der Waals surface area contributed by atoms with Crippen molar-refractivity contribution in [3.8, 4) is 0 Å². The van der Waals surface area contributed by atoms with E-state index < -0.39 is 11.9 Å². The molecule has 1 aromatic heterocycles. The molecule has 0 bridgehead atoms. The molecule has 1 heterocycles. The number of nitrogens with zero attached hydrogens (tertiary/aromatic N) is 2. The van der Waals surface area contributed by atoms with Crippen LogP contribution in [-0.2, 0) is 12.7 Å². The second-order valence-corrected chi connectivity index (χ2v) is 5.37. The van der Waals surface area contributed by atoms with Gasteiger partial charge in [0.2, 0.25) is 0 Å². The zero-order chi connectivity index (χ0) is 13.9. The van der Waals surface area contributed by atoms with Crippen LogP contribution in [0.1, 0.15) is 38.3 Å². The predicted molar refractivity (Wildman–Crippen MR) is 66.7 cm³/mol. The van der Waals surface area contributed by atoms with Gasteiger partial charge in [-0.2, -0.15) is 18.3 Å². The first-order valence-corrected chi connectivity index (χ1v) is 6.79. The molecule has 1 fully saturated rings. The van der Waals surface area contributed by atoms with Gasteiger partial charge in [0, 0.05) is 18.8 Å². The van der Waals surface area contributed by atoms with E-state index in [2.05, 4.69) is 17.3 Å². The summed E-state index contributed by atoms with van der Waals surface area (Å²) < 4.78 is 38.4. The van der Waals surface area contributed by atoms with Crippen LogP contribution in [0.4, 0.5) is 13.2 Å². The third-order valence-electron chi connectivity index (χ3n) is 3.72. The van der Waals surface area contributed by atoms with Crippen LogP contribution in [0, 0.1) is 5.92 Å². The Morgan fingerprint density at radius 2 is 2.00 bits per heavy atom. The van der Waals surface area contributed by atoms with Gasteiger partial charge >= 0.3 is 6.18 Å². The van der Waals surface area contributed by atoms with Crippen molar-refractivity contribution >= 4 is 0 Å². The molecule has 0 aliphatic heterocycles. The summed E-state index contributed by atoms with van der Waals surface area (Å²) in [5.41, 5.74) is -0.820. The number of rotatable bonds is 4. The molecule has 1 saturated carbocycles. The molecule has 108 valence electrons. The zero-order valence-corrected chi connectivity index (χ0v) is 11.1. The SMILES string of the molecule is CC1CCC(NCCn2ccc(C(F)(F)F)n2)CC1. The van der Waals surface area contributed by atoms with Crippen molar-refractivity contribution in [1.29, 1.82) is 0 Å². The molecule has 0 spiro atoms. The van der Waals surface area contributed by atoms with Crippen LogP contribution in [0.3, 0.4) is 0 Å². The average molecular weight is 275 g/mol. The van der Waals surface area contributed by atoms with Gasteiger partial charge in [-0.15, -0.1) is 0 Å². The summed E-state index contributed by atoms with van der Waals surface area (Å²) in [6, 6.07) is 1.52. The van der Waals surface area contributed by atoms with Gasteiger partial charge in [-0.05, 0) is 37.7 Å². The molecule has 0 radical (unpaired) electrons. The lowest BCUT2D eigenvalue weighted by atomic mass is 9.87. The number of hydrogen-bond donors (Lipinski definition) is 1. The van der Waals surface area contributed by atoms with Gasteiger partial charge in [0.1, 0.15) is 0 Å². The van der Waals surface area contributed by atoms with E-state index in [9.17, 15) is 13.2 Å². The lowest BCUT2D eigenvalue weighted by Crippen LogP contribution is -2.34. The zero-order valence-electron chi connectivity index (χ0n) is 11.1. The summed E-state index contributed by atoms with van der Waals surface area (Å²) in [7, 11) is 0. The van der Waals surface area contributed by atoms with Gasteiger partial charge in [0.25, 0.3) is 0 Å². The Kier molecular flexibility index (Phi) is 4.50. The number of aromatic nitrogens is 2. The Morgan fingerprint density at radius 1 is 1.32 bits per heavy atom. The van der Waals surface area contributed by atoms with Gasteiger partial charge in [0.15, 0.2) is 5.69 Å². The van der Waals surface area contributed by atoms with E-state index in [1.807, 2.05) is 0 Å². The summed E-state index contributed by atoms with van der Waals surface area (Å²) in [4.78, 5) is 0. The maximum Gasteiger partial charge on any atom is 0.435 e. The smallest absolute Gasteiger partial charge is 0.312 e. The Labute approximate surface area is 111 Å². The summed E-state index contributed by atoms with van der Waals surface area (Å²) in [6.45, 7) is 3.40. The highest BCUT2D eigenvalue weighted by Gasteiger charge is 2.33. The Balaban J connectivity index is 1.72. The van der Waals surface area contributed by atoms with Crippen LogP contribution in [0.2, 0.25) is 0 Å². The minimum Gasteiger partial charge on any atom is -0.312 e. The normalized spacial score (nSPS) is 24.6. The third-order valence-corrected chi connectivity index (χ3v) is 3.72. The van der Waals surface area contributed by atoms with Crippen molar-refractivity contribution in [2.24, 2.45) is 5.92 Å². The van der Waals surface area contributed by atoms with Crippen LogP contribution in [0.5, 0.6) is 0 Å². The molecule has 19 heavy (non-hydrogen) atoms. The van der Waals surface area contributed by atoms with Crippen LogP contribution in [-0.4, -0.2) is 22.4 Å². The van der Waals surface area contributed by atoms with Crippen LogP contribution >= 0.6 is 0 Å². The quantitative estimate of drug-likeness (QED) is 0.915. The summed E-state index contributed by atoms with van der Waals surface area (Å²) in [5, 5.41) is 6.92. The monoisotopic (exact) mass is 275 g/mol. The molecule has 1 aliphatic carbocycles.